The van der Waals surface area contributed by atoms with Crippen molar-refractivity contribution in [3.8, 4) is 11.3 Å². The Labute approximate surface area is 120 Å². The molecule has 3 aromatic rings. The van der Waals surface area contributed by atoms with Crippen molar-refractivity contribution in [2.75, 3.05) is 6.61 Å². The summed E-state index contributed by atoms with van der Waals surface area (Å²) in [6.45, 7) is 4.10. The Balaban J connectivity index is 2.04. The maximum Gasteiger partial charge on any atom is 0.350 e. The molecule has 2 heterocycles. The van der Waals surface area contributed by atoms with Gasteiger partial charge in [0.25, 0.3) is 0 Å². The molecule has 0 saturated carbocycles. The third-order valence-corrected chi connectivity index (χ3v) is 4.22. The maximum absolute atomic E-state index is 11.8. The van der Waals surface area contributed by atoms with Crippen LogP contribution in [0.1, 0.15) is 22.3 Å². The standard InChI is InChI=1S/C15H14N2O2S/c1-3-19-14(18)13-10(2)17-9-12(16-15(17)20-13)11-7-5-4-6-8-11/h4-9H,3H2,1-2H3. The molecule has 0 saturated heterocycles. The third-order valence-electron chi connectivity index (χ3n) is 3.09. The van der Waals surface area contributed by atoms with Crippen molar-refractivity contribution in [2.45, 2.75) is 13.8 Å². The molecule has 4 nitrogen and oxygen atoms in total. The van der Waals surface area contributed by atoms with Gasteiger partial charge in [0.2, 0.25) is 0 Å². The zero-order chi connectivity index (χ0) is 14.1. The second kappa shape index (κ2) is 5.09. The molecule has 0 aliphatic heterocycles. The summed E-state index contributed by atoms with van der Waals surface area (Å²) in [5, 5.41) is 0. The van der Waals surface area contributed by atoms with Crippen LogP contribution < -0.4 is 0 Å². The Morgan fingerprint density at radius 2 is 2.10 bits per heavy atom. The molecule has 0 aliphatic carbocycles. The molecule has 0 bridgehead atoms. The molecule has 102 valence electrons. The van der Waals surface area contributed by atoms with E-state index >= 15 is 0 Å². The van der Waals surface area contributed by atoms with E-state index in [2.05, 4.69) is 4.98 Å². The highest BCUT2D eigenvalue weighted by Gasteiger charge is 2.18. The van der Waals surface area contributed by atoms with Crippen molar-refractivity contribution in [2.24, 2.45) is 0 Å². The molecule has 0 fully saturated rings. The molecule has 0 spiro atoms. The normalized spacial score (nSPS) is 10.9. The molecule has 1 aromatic carbocycles. The first kappa shape index (κ1) is 12.9. The van der Waals surface area contributed by atoms with Crippen LogP contribution in [0.4, 0.5) is 0 Å². The molecular weight excluding hydrogens is 272 g/mol. The summed E-state index contributed by atoms with van der Waals surface area (Å²) in [5.41, 5.74) is 2.86. The Morgan fingerprint density at radius 1 is 1.35 bits per heavy atom. The maximum atomic E-state index is 11.8. The van der Waals surface area contributed by atoms with Gasteiger partial charge in [0.1, 0.15) is 4.88 Å². The lowest BCUT2D eigenvalue weighted by molar-refractivity contribution is 0.0531. The van der Waals surface area contributed by atoms with Crippen LogP contribution in [0.5, 0.6) is 0 Å². The van der Waals surface area contributed by atoms with Gasteiger partial charge in [0, 0.05) is 17.5 Å². The van der Waals surface area contributed by atoms with Gasteiger partial charge < -0.3 is 4.74 Å². The third kappa shape index (κ3) is 2.10. The number of imidazole rings is 1. The van der Waals surface area contributed by atoms with Crippen LogP contribution in [0.15, 0.2) is 36.5 Å². The first-order valence-electron chi connectivity index (χ1n) is 6.41. The van der Waals surface area contributed by atoms with Gasteiger partial charge in [0.15, 0.2) is 4.96 Å². The number of aryl methyl sites for hydroxylation is 1. The fourth-order valence-electron chi connectivity index (χ4n) is 2.08. The van der Waals surface area contributed by atoms with E-state index in [1.54, 1.807) is 6.92 Å². The molecule has 0 unspecified atom stereocenters. The Hall–Kier alpha value is -2.14. The van der Waals surface area contributed by atoms with Gasteiger partial charge >= 0.3 is 5.97 Å². The Morgan fingerprint density at radius 3 is 2.75 bits per heavy atom. The molecule has 0 amide bonds. The fourth-order valence-corrected chi connectivity index (χ4v) is 3.09. The summed E-state index contributed by atoms with van der Waals surface area (Å²) in [7, 11) is 0. The number of carbonyl (C=O) groups is 1. The summed E-state index contributed by atoms with van der Waals surface area (Å²) in [4.78, 5) is 17.8. The predicted octanol–water partition coefficient (Wildman–Crippen LogP) is 3.55. The fraction of sp³-hybridized carbons (Fsp3) is 0.200. The van der Waals surface area contributed by atoms with Crippen molar-refractivity contribution >= 4 is 22.3 Å². The molecule has 0 N–H and O–H groups in total. The number of ether oxygens (including phenoxy) is 1. The van der Waals surface area contributed by atoms with E-state index in [9.17, 15) is 4.79 Å². The average molecular weight is 286 g/mol. The quantitative estimate of drug-likeness (QED) is 0.692. The van der Waals surface area contributed by atoms with Crippen LogP contribution in [0.2, 0.25) is 0 Å². The molecule has 20 heavy (non-hydrogen) atoms. The van der Waals surface area contributed by atoms with E-state index in [1.165, 1.54) is 11.3 Å². The smallest absolute Gasteiger partial charge is 0.350 e. The van der Waals surface area contributed by atoms with Crippen molar-refractivity contribution in [1.29, 1.82) is 0 Å². The summed E-state index contributed by atoms with van der Waals surface area (Å²) < 4.78 is 7.00. The van der Waals surface area contributed by atoms with Gasteiger partial charge in [-0.25, -0.2) is 9.78 Å². The zero-order valence-corrected chi connectivity index (χ0v) is 12.1. The lowest BCUT2D eigenvalue weighted by Gasteiger charge is -1.99. The van der Waals surface area contributed by atoms with Crippen molar-refractivity contribution in [3.63, 3.8) is 0 Å². The summed E-state index contributed by atoms with van der Waals surface area (Å²) in [5.74, 6) is -0.276. The number of rotatable bonds is 3. The van der Waals surface area contributed by atoms with E-state index in [-0.39, 0.29) is 5.97 Å². The van der Waals surface area contributed by atoms with Crippen LogP contribution >= 0.6 is 11.3 Å². The minimum absolute atomic E-state index is 0.276. The SMILES string of the molecule is CCOC(=O)c1sc2nc(-c3ccccc3)cn2c1C. The topological polar surface area (TPSA) is 43.6 Å². The van der Waals surface area contributed by atoms with Gasteiger partial charge in [-0.05, 0) is 13.8 Å². The van der Waals surface area contributed by atoms with Gasteiger partial charge in [-0.1, -0.05) is 41.7 Å². The number of carbonyl (C=O) groups excluding carboxylic acids is 1. The number of esters is 1. The van der Waals surface area contributed by atoms with Crippen LogP contribution in [-0.4, -0.2) is 22.0 Å². The molecule has 2 aromatic heterocycles. The first-order chi connectivity index (χ1) is 9.70. The van der Waals surface area contributed by atoms with E-state index in [0.29, 0.717) is 11.5 Å². The van der Waals surface area contributed by atoms with Crippen LogP contribution in [0.25, 0.3) is 16.2 Å². The van der Waals surface area contributed by atoms with Gasteiger partial charge in [-0.15, -0.1) is 0 Å². The number of hydrogen-bond donors (Lipinski definition) is 0. The monoisotopic (exact) mass is 286 g/mol. The molecule has 0 aliphatic rings. The number of benzene rings is 1. The molecule has 5 heteroatoms. The Kier molecular flexibility index (Phi) is 3.28. The molecule has 0 radical (unpaired) electrons. The number of nitrogens with zero attached hydrogens (tertiary/aromatic N) is 2. The lowest BCUT2D eigenvalue weighted by atomic mass is 10.2. The van der Waals surface area contributed by atoms with E-state index in [0.717, 1.165) is 21.9 Å². The number of aromatic nitrogens is 2. The van der Waals surface area contributed by atoms with Crippen LogP contribution in [0.3, 0.4) is 0 Å². The highest BCUT2D eigenvalue weighted by atomic mass is 32.1. The second-order valence-corrected chi connectivity index (χ2v) is 5.36. The minimum Gasteiger partial charge on any atom is -0.462 e. The lowest BCUT2D eigenvalue weighted by Crippen LogP contribution is -2.04. The second-order valence-electron chi connectivity index (χ2n) is 4.38. The average Bonchev–Trinajstić information content (AvgIpc) is 3.00. The highest BCUT2D eigenvalue weighted by molar-refractivity contribution is 7.19. The summed E-state index contributed by atoms with van der Waals surface area (Å²) in [6, 6.07) is 9.99. The minimum atomic E-state index is -0.276. The molecule has 3 rings (SSSR count). The van der Waals surface area contributed by atoms with E-state index in [1.807, 2.05) is 47.9 Å². The van der Waals surface area contributed by atoms with Gasteiger partial charge in [0.05, 0.1) is 12.3 Å². The molecule has 0 atom stereocenters. The zero-order valence-electron chi connectivity index (χ0n) is 11.3. The van der Waals surface area contributed by atoms with Gasteiger partial charge in [-0.3, -0.25) is 4.40 Å². The van der Waals surface area contributed by atoms with Crippen molar-refractivity contribution in [1.82, 2.24) is 9.38 Å². The first-order valence-corrected chi connectivity index (χ1v) is 7.23. The summed E-state index contributed by atoms with van der Waals surface area (Å²) in [6.07, 6.45) is 1.96. The van der Waals surface area contributed by atoms with Crippen molar-refractivity contribution < 1.29 is 9.53 Å². The van der Waals surface area contributed by atoms with Crippen LogP contribution in [-0.2, 0) is 4.74 Å². The number of hydrogen-bond acceptors (Lipinski definition) is 4. The molecular formula is C15H14N2O2S. The Bertz CT molecular complexity index is 759. The largest absolute Gasteiger partial charge is 0.462 e. The number of thiazole rings is 1. The van der Waals surface area contributed by atoms with Crippen LogP contribution in [0, 0.1) is 6.92 Å². The number of fused-ring (bicyclic) bond motifs is 1. The van der Waals surface area contributed by atoms with E-state index in [4.69, 9.17) is 4.74 Å². The highest BCUT2D eigenvalue weighted by Crippen LogP contribution is 2.27. The van der Waals surface area contributed by atoms with E-state index < -0.39 is 0 Å². The summed E-state index contributed by atoms with van der Waals surface area (Å²) >= 11 is 1.36. The van der Waals surface area contributed by atoms with Crippen molar-refractivity contribution in [3.05, 3.63) is 47.1 Å². The van der Waals surface area contributed by atoms with Gasteiger partial charge in [-0.2, -0.15) is 0 Å². The predicted molar refractivity (Wildman–Crippen MR) is 79.2 cm³/mol.